The molecular formula is C24H24N8O2. The molecule has 0 atom stereocenters. The number of pyridine rings is 1. The Morgan fingerprint density at radius 2 is 1.91 bits per heavy atom. The van der Waals surface area contributed by atoms with Crippen LogP contribution in [0.5, 0.6) is 0 Å². The summed E-state index contributed by atoms with van der Waals surface area (Å²) in [7, 11) is 3.41. The van der Waals surface area contributed by atoms with Crippen LogP contribution in [-0.4, -0.2) is 43.8 Å². The van der Waals surface area contributed by atoms with Gasteiger partial charge in [0.25, 0.3) is 5.56 Å². The molecular weight excluding hydrogens is 432 g/mol. The molecule has 0 spiro atoms. The van der Waals surface area contributed by atoms with E-state index in [1.54, 1.807) is 18.5 Å². The fourth-order valence-corrected chi connectivity index (χ4v) is 4.01. The maximum absolute atomic E-state index is 13.7. The van der Waals surface area contributed by atoms with E-state index in [0.717, 1.165) is 9.95 Å². The average Bonchev–Trinajstić information content (AvgIpc) is 3.24. The molecule has 1 aromatic carbocycles. The minimum absolute atomic E-state index is 0.0493. The van der Waals surface area contributed by atoms with Crippen molar-refractivity contribution in [1.82, 2.24) is 23.7 Å². The highest BCUT2D eigenvalue weighted by Gasteiger charge is 2.22. The van der Waals surface area contributed by atoms with E-state index < -0.39 is 11.2 Å². The highest BCUT2D eigenvalue weighted by molar-refractivity contribution is 5.89. The van der Waals surface area contributed by atoms with Gasteiger partial charge in [-0.3, -0.25) is 23.5 Å². The summed E-state index contributed by atoms with van der Waals surface area (Å²) in [5.74, 6) is 6.34. The number of anilines is 1. The summed E-state index contributed by atoms with van der Waals surface area (Å²) < 4.78 is 4.22. The molecule has 0 radical (unpaired) electrons. The number of hydrogen-bond acceptors (Lipinski definition) is 7. The zero-order chi connectivity index (χ0) is 24.4. The first-order chi connectivity index (χ1) is 16.4. The van der Waals surface area contributed by atoms with Gasteiger partial charge in [-0.25, -0.2) is 4.79 Å². The van der Waals surface area contributed by atoms with Crippen molar-refractivity contribution in [2.45, 2.75) is 20.0 Å². The molecule has 4 aromatic rings. The monoisotopic (exact) mass is 456 g/mol. The number of imidazole rings is 1. The summed E-state index contributed by atoms with van der Waals surface area (Å²) in [6.45, 7) is 2.83. The third kappa shape index (κ3) is 3.70. The van der Waals surface area contributed by atoms with Crippen LogP contribution in [0.4, 0.5) is 5.95 Å². The van der Waals surface area contributed by atoms with Crippen LogP contribution in [0.2, 0.25) is 0 Å². The summed E-state index contributed by atoms with van der Waals surface area (Å²) in [5.41, 5.74) is 6.24. The first kappa shape index (κ1) is 22.8. The Morgan fingerprint density at radius 1 is 1.18 bits per heavy atom. The Bertz CT molecular complexity index is 1630. The van der Waals surface area contributed by atoms with Gasteiger partial charge in [-0.1, -0.05) is 30.2 Å². The Labute approximate surface area is 195 Å². The van der Waals surface area contributed by atoms with Crippen LogP contribution < -0.4 is 21.9 Å². The second kappa shape index (κ2) is 9.22. The van der Waals surface area contributed by atoms with Gasteiger partial charge in [0.2, 0.25) is 5.95 Å². The number of nitriles is 1. The minimum atomic E-state index is -0.507. The minimum Gasteiger partial charge on any atom is -0.344 e. The summed E-state index contributed by atoms with van der Waals surface area (Å²) in [6.07, 6.45) is 1.46. The molecule has 0 aliphatic carbocycles. The largest absolute Gasteiger partial charge is 0.344 e. The van der Waals surface area contributed by atoms with Crippen LogP contribution in [0.15, 0.2) is 40.1 Å². The molecule has 0 bridgehead atoms. The van der Waals surface area contributed by atoms with E-state index in [-0.39, 0.29) is 24.3 Å². The Balaban J connectivity index is 1.98. The molecule has 3 heterocycles. The zero-order valence-electron chi connectivity index (χ0n) is 19.2. The van der Waals surface area contributed by atoms with Crippen LogP contribution in [0.1, 0.15) is 18.2 Å². The first-order valence-electron chi connectivity index (χ1n) is 10.7. The lowest BCUT2D eigenvalue weighted by Gasteiger charge is -2.17. The highest BCUT2D eigenvalue weighted by Crippen LogP contribution is 2.22. The lowest BCUT2D eigenvalue weighted by Crippen LogP contribution is -2.40. The van der Waals surface area contributed by atoms with Crippen molar-refractivity contribution in [2.75, 3.05) is 25.0 Å². The second-order valence-electron chi connectivity index (χ2n) is 7.82. The molecule has 34 heavy (non-hydrogen) atoms. The van der Waals surface area contributed by atoms with E-state index in [1.165, 1.54) is 10.8 Å². The number of aromatic nitrogens is 5. The summed E-state index contributed by atoms with van der Waals surface area (Å²) in [4.78, 5) is 37.7. The van der Waals surface area contributed by atoms with Crippen molar-refractivity contribution in [3.05, 3.63) is 62.6 Å². The molecule has 0 saturated heterocycles. The summed E-state index contributed by atoms with van der Waals surface area (Å²) >= 11 is 0. The van der Waals surface area contributed by atoms with Gasteiger partial charge in [-0.2, -0.15) is 10.2 Å². The van der Waals surface area contributed by atoms with E-state index in [2.05, 4.69) is 27.9 Å². The fourth-order valence-electron chi connectivity index (χ4n) is 4.01. The van der Waals surface area contributed by atoms with E-state index in [0.29, 0.717) is 35.7 Å². The van der Waals surface area contributed by atoms with Crippen LogP contribution in [-0.2, 0) is 20.1 Å². The van der Waals surface area contributed by atoms with Crippen molar-refractivity contribution in [2.24, 2.45) is 12.8 Å². The van der Waals surface area contributed by atoms with Crippen LogP contribution in [0.25, 0.3) is 21.9 Å². The second-order valence-corrected chi connectivity index (χ2v) is 7.82. The van der Waals surface area contributed by atoms with Gasteiger partial charge in [0.1, 0.15) is 6.07 Å². The number of nitrogens with two attached hydrogens (primary N) is 1. The number of likely N-dealkylation sites (N-methyl/N-ethyl adjacent to an activating group) is 1. The number of hydrogen-bond donors (Lipinski definition) is 1. The van der Waals surface area contributed by atoms with Gasteiger partial charge < -0.3 is 10.6 Å². The first-order valence-corrected chi connectivity index (χ1v) is 10.7. The van der Waals surface area contributed by atoms with Crippen molar-refractivity contribution in [1.29, 1.82) is 5.26 Å². The fraction of sp³-hybridized carbons (Fsp3) is 0.292. The molecule has 0 saturated carbocycles. The number of rotatable bonds is 6. The van der Waals surface area contributed by atoms with Gasteiger partial charge in [0.05, 0.1) is 24.3 Å². The molecule has 172 valence electrons. The molecule has 10 nitrogen and oxygen atoms in total. The van der Waals surface area contributed by atoms with Crippen LogP contribution in [0, 0.1) is 23.2 Å². The molecule has 0 amide bonds. The van der Waals surface area contributed by atoms with Crippen LogP contribution >= 0.6 is 0 Å². The zero-order valence-corrected chi connectivity index (χ0v) is 19.2. The maximum atomic E-state index is 13.7. The van der Waals surface area contributed by atoms with Crippen molar-refractivity contribution < 1.29 is 0 Å². The Morgan fingerprint density at radius 3 is 2.59 bits per heavy atom. The Hall–Kier alpha value is -4.41. The molecule has 3 aromatic heterocycles. The van der Waals surface area contributed by atoms with Gasteiger partial charge in [0, 0.05) is 44.2 Å². The normalized spacial score (nSPS) is 10.8. The highest BCUT2D eigenvalue weighted by atomic mass is 16.2. The molecule has 0 aliphatic heterocycles. The lowest BCUT2D eigenvalue weighted by atomic mass is 10.1. The van der Waals surface area contributed by atoms with Gasteiger partial charge in [-0.05, 0) is 6.92 Å². The standard InChI is InChI=1S/C24H24N8O2/c1-4-5-11-31-20-21(28-23(31)29(2)12-10-25)30(3)24(34)32(22(20)33)15-19-18-9-7-6-8-17(18)16(13-26)14-27-19/h6-9,14H,10-12,15,25H2,1-3H3. The number of aryl methyl sites for hydroxylation is 1. The van der Waals surface area contributed by atoms with Crippen LogP contribution in [0.3, 0.4) is 0 Å². The van der Waals surface area contributed by atoms with Crippen molar-refractivity contribution in [3.63, 3.8) is 0 Å². The topological polar surface area (TPSA) is 128 Å². The predicted molar refractivity (Wildman–Crippen MR) is 131 cm³/mol. The van der Waals surface area contributed by atoms with E-state index >= 15 is 0 Å². The Kier molecular flexibility index (Phi) is 6.17. The van der Waals surface area contributed by atoms with E-state index in [1.807, 2.05) is 36.2 Å². The molecule has 0 fully saturated rings. The average molecular weight is 457 g/mol. The number of fused-ring (bicyclic) bond motifs is 2. The number of benzene rings is 1. The molecule has 10 heteroatoms. The molecule has 2 N–H and O–H groups in total. The van der Waals surface area contributed by atoms with E-state index in [4.69, 9.17) is 5.73 Å². The quantitative estimate of drug-likeness (QED) is 0.425. The molecule has 4 rings (SSSR count). The third-order valence-corrected chi connectivity index (χ3v) is 5.74. The molecule has 0 aliphatic rings. The van der Waals surface area contributed by atoms with Crippen molar-refractivity contribution >= 4 is 27.9 Å². The smallest absolute Gasteiger partial charge is 0.332 e. The predicted octanol–water partition coefficient (Wildman–Crippen LogP) is 0.783. The van der Waals surface area contributed by atoms with Gasteiger partial charge >= 0.3 is 5.69 Å². The molecule has 0 unspecified atom stereocenters. The third-order valence-electron chi connectivity index (χ3n) is 5.74. The van der Waals surface area contributed by atoms with E-state index in [9.17, 15) is 14.9 Å². The lowest BCUT2D eigenvalue weighted by molar-refractivity contribution is 0.647. The summed E-state index contributed by atoms with van der Waals surface area (Å²) in [6, 6.07) is 9.44. The SMILES string of the molecule is CC#CCn1c(N(C)CCN)nc2c1c(=O)n(Cc1ncc(C#N)c3ccccc13)c(=O)n2C. The maximum Gasteiger partial charge on any atom is 0.332 e. The van der Waals surface area contributed by atoms with Gasteiger partial charge in [0.15, 0.2) is 11.2 Å². The number of nitrogens with zero attached hydrogens (tertiary/aromatic N) is 7. The van der Waals surface area contributed by atoms with Crippen molar-refractivity contribution in [3.8, 4) is 17.9 Å². The summed E-state index contributed by atoms with van der Waals surface area (Å²) in [5, 5.41) is 10.8. The van der Waals surface area contributed by atoms with Gasteiger partial charge in [-0.15, -0.1) is 5.92 Å².